The second-order valence-electron chi connectivity index (χ2n) is 5.86. The summed E-state index contributed by atoms with van der Waals surface area (Å²) in [6.45, 7) is 3.74. The van der Waals surface area contributed by atoms with Crippen LogP contribution in [0.5, 0.6) is 0 Å². The molecule has 0 bridgehead atoms. The molecule has 0 aliphatic carbocycles. The molecule has 0 aromatic heterocycles. The Labute approximate surface area is 158 Å². The molecule has 0 heterocycles. The summed E-state index contributed by atoms with van der Waals surface area (Å²) >= 11 is 0. The number of carbonyl (C=O) groups excluding carboxylic acids is 3. The van der Waals surface area contributed by atoms with Gasteiger partial charge in [-0.05, 0) is 47.9 Å². The van der Waals surface area contributed by atoms with Crippen LogP contribution in [0.1, 0.15) is 27.9 Å². The Morgan fingerprint density at radius 1 is 1.07 bits per heavy atom. The maximum absolute atomic E-state index is 12.0. The van der Waals surface area contributed by atoms with Crippen molar-refractivity contribution in [3.8, 4) is 0 Å². The van der Waals surface area contributed by atoms with Crippen LogP contribution in [0.4, 0.5) is 5.69 Å². The summed E-state index contributed by atoms with van der Waals surface area (Å²) in [5.41, 5.74) is 2.95. The minimum Gasteiger partial charge on any atom is -0.465 e. The van der Waals surface area contributed by atoms with Crippen LogP contribution < -0.4 is 10.6 Å². The van der Waals surface area contributed by atoms with Crippen LogP contribution in [0, 0.1) is 0 Å². The molecule has 0 aliphatic heterocycles. The van der Waals surface area contributed by atoms with E-state index in [0.29, 0.717) is 30.6 Å². The van der Waals surface area contributed by atoms with Crippen molar-refractivity contribution in [3.05, 3.63) is 77.9 Å². The minimum absolute atomic E-state index is 0.0810. The average molecular weight is 366 g/mol. The number of esters is 1. The number of hydrogen-bond donors (Lipinski definition) is 2. The molecule has 2 amide bonds. The van der Waals surface area contributed by atoms with Gasteiger partial charge in [0.1, 0.15) is 0 Å². The Hall–Kier alpha value is -3.41. The molecule has 0 fully saturated rings. The first-order valence-electron chi connectivity index (χ1n) is 8.48. The molecule has 0 aliphatic rings. The number of carbonyl (C=O) groups is 3. The van der Waals surface area contributed by atoms with E-state index in [-0.39, 0.29) is 11.8 Å². The van der Waals surface area contributed by atoms with E-state index in [1.165, 1.54) is 13.2 Å². The second kappa shape index (κ2) is 9.91. The number of benzene rings is 2. The van der Waals surface area contributed by atoms with Gasteiger partial charge in [-0.2, -0.15) is 0 Å². The Balaban J connectivity index is 1.80. The Kier molecular flexibility index (Phi) is 7.31. The van der Waals surface area contributed by atoms with Crippen molar-refractivity contribution in [2.45, 2.75) is 19.4 Å². The van der Waals surface area contributed by atoms with E-state index in [1.807, 2.05) is 18.2 Å². The first kappa shape index (κ1) is 19.9. The van der Waals surface area contributed by atoms with Crippen LogP contribution in [0.3, 0.4) is 0 Å². The lowest BCUT2D eigenvalue weighted by molar-refractivity contribution is -0.121. The van der Waals surface area contributed by atoms with Crippen LogP contribution in [0.2, 0.25) is 0 Å². The van der Waals surface area contributed by atoms with Crippen molar-refractivity contribution in [1.29, 1.82) is 0 Å². The van der Waals surface area contributed by atoms with Crippen molar-refractivity contribution in [2.24, 2.45) is 0 Å². The first-order chi connectivity index (χ1) is 13.0. The van der Waals surface area contributed by atoms with Crippen LogP contribution in [-0.2, 0) is 27.3 Å². The summed E-state index contributed by atoms with van der Waals surface area (Å²) in [7, 11) is 1.33. The van der Waals surface area contributed by atoms with Gasteiger partial charge in [0.25, 0.3) is 0 Å². The van der Waals surface area contributed by atoms with Gasteiger partial charge in [-0.25, -0.2) is 4.79 Å². The monoisotopic (exact) mass is 366 g/mol. The molecule has 2 aromatic rings. The fraction of sp³-hybridized carbons (Fsp3) is 0.190. The SMILES string of the molecule is C=CC(=O)Nc1ccc(CCC(=O)NCc2cccc(C(=O)OC)c2)cc1. The third-order valence-corrected chi connectivity index (χ3v) is 3.89. The fourth-order valence-electron chi connectivity index (χ4n) is 2.42. The number of methoxy groups -OCH3 is 1. The van der Waals surface area contributed by atoms with E-state index in [4.69, 9.17) is 0 Å². The van der Waals surface area contributed by atoms with Crippen LogP contribution >= 0.6 is 0 Å². The number of aryl methyl sites for hydroxylation is 1. The molecular weight excluding hydrogens is 344 g/mol. The van der Waals surface area contributed by atoms with Crippen molar-refractivity contribution in [2.75, 3.05) is 12.4 Å². The van der Waals surface area contributed by atoms with Gasteiger partial charge >= 0.3 is 5.97 Å². The molecule has 6 heteroatoms. The van der Waals surface area contributed by atoms with Crippen molar-refractivity contribution >= 4 is 23.5 Å². The van der Waals surface area contributed by atoms with E-state index in [1.54, 1.807) is 30.3 Å². The highest BCUT2D eigenvalue weighted by Crippen LogP contribution is 2.11. The Morgan fingerprint density at radius 3 is 2.48 bits per heavy atom. The topological polar surface area (TPSA) is 84.5 Å². The molecule has 2 N–H and O–H groups in total. The third kappa shape index (κ3) is 6.43. The van der Waals surface area contributed by atoms with E-state index < -0.39 is 5.97 Å². The Bertz CT molecular complexity index is 828. The maximum atomic E-state index is 12.0. The number of hydrogen-bond acceptors (Lipinski definition) is 4. The number of anilines is 1. The quantitative estimate of drug-likeness (QED) is 0.556. The van der Waals surface area contributed by atoms with E-state index in [0.717, 1.165) is 11.1 Å². The first-order valence-corrected chi connectivity index (χ1v) is 8.48. The highest BCUT2D eigenvalue weighted by molar-refractivity contribution is 5.98. The number of amides is 2. The summed E-state index contributed by atoms with van der Waals surface area (Å²) in [5, 5.41) is 5.51. The van der Waals surface area contributed by atoms with E-state index >= 15 is 0 Å². The van der Waals surface area contributed by atoms with Crippen LogP contribution in [0.15, 0.2) is 61.2 Å². The third-order valence-electron chi connectivity index (χ3n) is 3.89. The number of rotatable bonds is 8. The average Bonchev–Trinajstić information content (AvgIpc) is 2.71. The number of ether oxygens (including phenoxy) is 1. The Morgan fingerprint density at radius 2 is 1.81 bits per heavy atom. The van der Waals surface area contributed by atoms with Gasteiger partial charge in [0.2, 0.25) is 11.8 Å². The van der Waals surface area contributed by atoms with Crippen LogP contribution in [-0.4, -0.2) is 24.9 Å². The lowest BCUT2D eigenvalue weighted by Gasteiger charge is -2.08. The molecule has 140 valence electrons. The van der Waals surface area contributed by atoms with E-state index in [9.17, 15) is 14.4 Å². The molecule has 0 saturated heterocycles. The molecule has 27 heavy (non-hydrogen) atoms. The minimum atomic E-state index is -0.407. The van der Waals surface area contributed by atoms with Gasteiger partial charge in [0, 0.05) is 18.7 Å². The molecule has 6 nitrogen and oxygen atoms in total. The summed E-state index contributed by atoms with van der Waals surface area (Å²) < 4.78 is 4.69. The maximum Gasteiger partial charge on any atom is 0.337 e. The summed E-state index contributed by atoms with van der Waals surface area (Å²) in [5.74, 6) is -0.753. The van der Waals surface area contributed by atoms with Crippen LogP contribution in [0.25, 0.3) is 0 Å². The molecule has 0 saturated carbocycles. The summed E-state index contributed by atoms with van der Waals surface area (Å²) in [4.78, 5) is 34.8. The number of nitrogens with one attached hydrogen (secondary N) is 2. The second-order valence-corrected chi connectivity index (χ2v) is 5.86. The zero-order chi connectivity index (χ0) is 19.6. The zero-order valence-electron chi connectivity index (χ0n) is 15.2. The zero-order valence-corrected chi connectivity index (χ0v) is 15.2. The highest BCUT2D eigenvalue weighted by atomic mass is 16.5. The predicted molar refractivity (Wildman–Crippen MR) is 103 cm³/mol. The molecule has 0 radical (unpaired) electrons. The normalized spacial score (nSPS) is 9.96. The smallest absolute Gasteiger partial charge is 0.337 e. The predicted octanol–water partition coefficient (Wildman–Crippen LogP) is 2.85. The van der Waals surface area contributed by atoms with Gasteiger partial charge in [0.05, 0.1) is 12.7 Å². The van der Waals surface area contributed by atoms with E-state index in [2.05, 4.69) is 21.9 Å². The highest BCUT2D eigenvalue weighted by Gasteiger charge is 2.07. The molecule has 2 rings (SSSR count). The lowest BCUT2D eigenvalue weighted by Crippen LogP contribution is -2.23. The largest absolute Gasteiger partial charge is 0.465 e. The lowest BCUT2D eigenvalue weighted by atomic mass is 10.1. The standard InChI is InChI=1S/C21H22N2O4/c1-3-19(24)23-18-10-7-15(8-11-18)9-12-20(25)22-14-16-5-4-6-17(13-16)21(26)27-2/h3-8,10-11,13H,1,9,12,14H2,2H3,(H,22,25)(H,23,24). The summed E-state index contributed by atoms with van der Waals surface area (Å²) in [6.07, 6.45) is 2.14. The summed E-state index contributed by atoms with van der Waals surface area (Å²) in [6, 6.07) is 14.3. The van der Waals surface area contributed by atoms with Gasteiger partial charge in [0.15, 0.2) is 0 Å². The van der Waals surface area contributed by atoms with Gasteiger partial charge < -0.3 is 15.4 Å². The van der Waals surface area contributed by atoms with Crippen molar-refractivity contribution in [1.82, 2.24) is 5.32 Å². The molecule has 0 atom stereocenters. The van der Waals surface area contributed by atoms with Crippen molar-refractivity contribution in [3.63, 3.8) is 0 Å². The van der Waals surface area contributed by atoms with Gasteiger partial charge in [-0.1, -0.05) is 30.8 Å². The molecule has 2 aromatic carbocycles. The molecular formula is C21H22N2O4. The molecule has 0 unspecified atom stereocenters. The van der Waals surface area contributed by atoms with Crippen molar-refractivity contribution < 1.29 is 19.1 Å². The van der Waals surface area contributed by atoms with Gasteiger partial charge in [-0.15, -0.1) is 0 Å². The van der Waals surface area contributed by atoms with Gasteiger partial charge in [-0.3, -0.25) is 9.59 Å². The molecule has 0 spiro atoms. The fourth-order valence-corrected chi connectivity index (χ4v) is 2.42.